The maximum atomic E-state index is 15.3. The van der Waals surface area contributed by atoms with Gasteiger partial charge in [0, 0.05) is 23.5 Å². The lowest BCUT2D eigenvalue weighted by atomic mass is 9.91. The van der Waals surface area contributed by atoms with Gasteiger partial charge in [-0.2, -0.15) is 23.3 Å². The minimum atomic E-state index is -4.90. The second-order valence-electron chi connectivity index (χ2n) is 9.42. The summed E-state index contributed by atoms with van der Waals surface area (Å²) >= 11 is 0. The zero-order valence-electron chi connectivity index (χ0n) is 20.3. The molecular weight excluding hydrogens is 516 g/mol. The molecule has 2 N–H and O–H groups in total. The standard InChI is InChI=1S/C18H11F5N4O2.C7H12FN/c1-6-3-10-8(5-24-27-10)11(13(6)18(21,22)23)12-9(19)4-7-15(14(12)20)25-17(29-2)26-16(7)28;8-6-4-7-2-1-3-9(7)5-6/h3-5H,1-2H3,(H,24,27)(H,25,26,28);6-7H,1-5H2. The molecule has 0 aliphatic carbocycles. The fourth-order valence-electron chi connectivity index (χ4n) is 5.39. The number of ether oxygens (including phenoxy) is 1. The first kappa shape index (κ1) is 26.0. The number of hydrogen-bond donors (Lipinski definition) is 2. The van der Waals surface area contributed by atoms with Crippen molar-refractivity contribution in [3.63, 3.8) is 0 Å². The lowest BCUT2D eigenvalue weighted by Crippen LogP contribution is -2.22. The van der Waals surface area contributed by atoms with Gasteiger partial charge in [0.2, 0.25) is 0 Å². The Bertz CT molecular complexity index is 1570. The van der Waals surface area contributed by atoms with Crippen molar-refractivity contribution in [3.8, 4) is 17.1 Å². The predicted molar refractivity (Wildman–Crippen MR) is 128 cm³/mol. The molecule has 2 aliphatic heterocycles. The first-order valence-corrected chi connectivity index (χ1v) is 11.9. The first-order valence-electron chi connectivity index (χ1n) is 11.9. The van der Waals surface area contributed by atoms with E-state index in [0.29, 0.717) is 18.7 Å². The van der Waals surface area contributed by atoms with E-state index in [0.717, 1.165) is 26.3 Å². The van der Waals surface area contributed by atoms with E-state index in [1.165, 1.54) is 25.8 Å². The summed E-state index contributed by atoms with van der Waals surface area (Å²) < 4.78 is 89.1. The highest BCUT2D eigenvalue weighted by molar-refractivity contribution is 5.99. The molecule has 0 bridgehead atoms. The van der Waals surface area contributed by atoms with E-state index < -0.39 is 57.1 Å². The molecule has 2 aromatic carbocycles. The van der Waals surface area contributed by atoms with Gasteiger partial charge in [0.05, 0.1) is 35.3 Å². The fourth-order valence-corrected chi connectivity index (χ4v) is 5.39. The summed E-state index contributed by atoms with van der Waals surface area (Å²) in [6.07, 6.45) is -1.04. The molecule has 4 aromatic rings. The maximum absolute atomic E-state index is 15.3. The molecule has 2 aliphatic rings. The number of rotatable bonds is 2. The highest BCUT2D eigenvalue weighted by Gasteiger charge is 2.39. The molecule has 2 saturated heterocycles. The van der Waals surface area contributed by atoms with Crippen molar-refractivity contribution in [1.29, 1.82) is 0 Å². The number of halogens is 6. The van der Waals surface area contributed by atoms with Gasteiger partial charge in [-0.05, 0) is 50.4 Å². The van der Waals surface area contributed by atoms with Crippen molar-refractivity contribution in [2.45, 2.75) is 44.6 Å². The molecule has 4 heterocycles. The van der Waals surface area contributed by atoms with Crippen molar-refractivity contribution in [3.05, 3.63) is 51.4 Å². The number of aryl methyl sites for hydroxylation is 1. The number of H-pyrrole nitrogens is 2. The third-order valence-corrected chi connectivity index (χ3v) is 7.00. The number of alkyl halides is 4. The monoisotopic (exact) mass is 539 g/mol. The average molecular weight is 539 g/mol. The molecule has 7 nitrogen and oxygen atoms in total. The van der Waals surface area contributed by atoms with Crippen molar-refractivity contribution < 1.29 is 31.1 Å². The van der Waals surface area contributed by atoms with E-state index in [4.69, 9.17) is 4.74 Å². The summed E-state index contributed by atoms with van der Waals surface area (Å²) in [5.41, 5.74) is -4.49. The summed E-state index contributed by atoms with van der Waals surface area (Å²) in [5.74, 6) is -2.76. The number of nitrogens with zero attached hydrogens (tertiary/aromatic N) is 3. The van der Waals surface area contributed by atoms with E-state index in [1.54, 1.807) is 0 Å². The molecule has 2 atom stereocenters. The van der Waals surface area contributed by atoms with Crippen LogP contribution < -0.4 is 10.3 Å². The van der Waals surface area contributed by atoms with Gasteiger partial charge in [0.25, 0.3) is 11.6 Å². The number of nitrogens with one attached hydrogen (secondary N) is 2. The zero-order chi connectivity index (χ0) is 27.4. The molecule has 0 amide bonds. The molecule has 38 heavy (non-hydrogen) atoms. The van der Waals surface area contributed by atoms with Crippen LogP contribution in [0.2, 0.25) is 0 Å². The zero-order valence-corrected chi connectivity index (χ0v) is 20.3. The maximum Gasteiger partial charge on any atom is 0.417 e. The fraction of sp³-hybridized carbons (Fsp3) is 0.400. The Labute approximate surface area is 211 Å². The molecule has 0 spiro atoms. The SMILES string of the molecule is COc1nc2c(F)c(-c3c(C(F)(F)F)c(C)cc4[nH]ncc34)c(F)cc2c(=O)[nH]1.FC1CC2CCCN2C1. The van der Waals surface area contributed by atoms with Crippen LogP contribution in [0.3, 0.4) is 0 Å². The Morgan fingerprint density at radius 2 is 1.92 bits per heavy atom. The Hall–Kier alpha value is -3.61. The molecule has 2 unspecified atom stereocenters. The molecule has 2 aromatic heterocycles. The second-order valence-corrected chi connectivity index (χ2v) is 9.42. The minimum Gasteiger partial charge on any atom is -0.468 e. The Morgan fingerprint density at radius 1 is 1.16 bits per heavy atom. The van der Waals surface area contributed by atoms with Crippen molar-refractivity contribution in [1.82, 2.24) is 25.1 Å². The predicted octanol–water partition coefficient (Wildman–Crippen LogP) is 5.27. The smallest absolute Gasteiger partial charge is 0.417 e. The molecular formula is C25H23F6N5O2. The highest BCUT2D eigenvalue weighted by atomic mass is 19.4. The van der Waals surface area contributed by atoms with Gasteiger partial charge in [0.15, 0.2) is 5.82 Å². The molecule has 6 rings (SSSR count). The van der Waals surface area contributed by atoms with Crippen LogP contribution in [0, 0.1) is 18.6 Å². The summed E-state index contributed by atoms with van der Waals surface area (Å²) in [6, 6.07) is 2.08. The summed E-state index contributed by atoms with van der Waals surface area (Å²) in [4.78, 5) is 20.2. The van der Waals surface area contributed by atoms with Crippen LogP contribution in [0.5, 0.6) is 6.01 Å². The van der Waals surface area contributed by atoms with Crippen LogP contribution in [0.25, 0.3) is 32.9 Å². The van der Waals surface area contributed by atoms with Crippen LogP contribution in [0.15, 0.2) is 23.1 Å². The van der Waals surface area contributed by atoms with E-state index in [1.807, 2.05) is 0 Å². The third-order valence-electron chi connectivity index (χ3n) is 7.00. The number of aromatic amines is 2. The van der Waals surface area contributed by atoms with Crippen LogP contribution in [0.1, 0.15) is 30.4 Å². The first-order chi connectivity index (χ1) is 18.0. The summed E-state index contributed by atoms with van der Waals surface area (Å²) in [5, 5.41) is 5.60. The van der Waals surface area contributed by atoms with Gasteiger partial charge < -0.3 is 4.74 Å². The van der Waals surface area contributed by atoms with Crippen molar-refractivity contribution in [2.24, 2.45) is 0 Å². The van der Waals surface area contributed by atoms with E-state index in [2.05, 4.69) is 25.1 Å². The number of aromatic nitrogens is 4. The highest BCUT2D eigenvalue weighted by Crippen LogP contribution is 2.45. The Balaban J connectivity index is 0.000000273. The van der Waals surface area contributed by atoms with Crippen LogP contribution >= 0.6 is 0 Å². The van der Waals surface area contributed by atoms with Crippen LogP contribution in [-0.4, -0.2) is 57.5 Å². The van der Waals surface area contributed by atoms with E-state index >= 15 is 4.39 Å². The Morgan fingerprint density at radius 3 is 2.61 bits per heavy atom. The van der Waals surface area contributed by atoms with Gasteiger partial charge in [-0.1, -0.05) is 0 Å². The van der Waals surface area contributed by atoms with E-state index in [-0.39, 0.29) is 22.5 Å². The van der Waals surface area contributed by atoms with Gasteiger partial charge in [-0.25, -0.2) is 13.2 Å². The van der Waals surface area contributed by atoms with E-state index in [9.17, 15) is 26.7 Å². The van der Waals surface area contributed by atoms with Crippen LogP contribution in [0.4, 0.5) is 26.3 Å². The van der Waals surface area contributed by atoms with Gasteiger partial charge in [0.1, 0.15) is 17.5 Å². The van der Waals surface area contributed by atoms with Crippen LogP contribution in [-0.2, 0) is 6.18 Å². The van der Waals surface area contributed by atoms with Gasteiger partial charge in [-0.3, -0.25) is 19.8 Å². The lowest BCUT2D eigenvalue weighted by molar-refractivity contribution is -0.137. The topological polar surface area (TPSA) is 86.9 Å². The molecule has 0 radical (unpaired) electrons. The molecule has 13 heteroatoms. The quantitative estimate of drug-likeness (QED) is 0.339. The average Bonchev–Trinajstić information content (AvgIpc) is 3.55. The number of hydrogen-bond acceptors (Lipinski definition) is 5. The summed E-state index contributed by atoms with van der Waals surface area (Å²) in [7, 11) is 1.16. The van der Waals surface area contributed by atoms with Gasteiger partial charge in [-0.15, -0.1) is 0 Å². The molecule has 202 valence electrons. The lowest BCUT2D eigenvalue weighted by Gasteiger charge is -2.18. The molecule has 2 fully saturated rings. The largest absolute Gasteiger partial charge is 0.468 e. The summed E-state index contributed by atoms with van der Waals surface area (Å²) in [6.45, 7) is 3.03. The number of methoxy groups -OCH3 is 1. The normalized spacial score (nSPS) is 19.6. The minimum absolute atomic E-state index is 0.128. The number of fused-ring (bicyclic) bond motifs is 3. The van der Waals surface area contributed by atoms with Crippen molar-refractivity contribution in [2.75, 3.05) is 20.2 Å². The Kier molecular flexibility index (Phi) is 6.58. The molecule has 0 saturated carbocycles. The van der Waals surface area contributed by atoms with Gasteiger partial charge >= 0.3 is 6.18 Å². The second kappa shape index (κ2) is 9.61. The number of benzene rings is 2. The van der Waals surface area contributed by atoms with Crippen molar-refractivity contribution >= 4 is 21.8 Å². The third kappa shape index (κ3) is 4.48.